The lowest BCUT2D eigenvalue weighted by molar-refractivity contribution is 0.643. The van der Waals surface area contributed by atoms with Gasteiger partial charge < -0.3 is 4.90 Å². The molecule has 0 bridgehead atoms. The highest BCUT2D eigenvalue weighted by Crippen LogP contribution is 2.19. The molecule has 0 radical (unpaired) electrons. The summed E-state index contributed by atoms with van der Waals surface area (Å²) in [4.78, 5) is 15.1. The lowest BCUT2D eigenvalue weighted by Gasteiger charge is -2.02. The Morgan fingerprint density at radius 3 is 2.68 bits per heavy atom. The van der Waals surface area contributed by atoms with Crippen LogP contribution in [0.4, 0.5) is 5.82 Å². The van der Waals surface area contributed by atoms with Crippen LogP contribution in [0.3, 0.4) is 0 Å². The van der Waals surface area contributed by atoms with E-state index < -0.39 is 0 Å². The Labute approximate surface area is 155 Å². The van der Waals surface area contributed by atoms with E-state index in [4.69, 9.17) is 0 Å². The molecule has 3 aromatic rings. The van der Waals surface area contributed by atoms with Crippen LogP contribution in [0, 0.1) is 18.8 Å². The molecule has 2 aromatic heterocycles. The molecule has 3 rings (SSSR count). The number of nitrogens with zero attached hydrogens (tertiary/aromatic N) is 4. The maximum atomic E-state index is 4.51. The zero-order chi connectivity index (χ0) is 17.8. The number of aryl methyl sites for hydroxylation is 1. The first-order valence-electron chi connectivity index (χ1n) is 7.78. The third kappa shape index (κ3) is 4.43. The standard InChI is InChI=1S/C20H17BrN4/c1-14-4-7-16-12-15(5-9-18(16)23-14)6-10-19-17(21)8-11-20(24-19)22-13-25(2)3/h4-5,7-9,11-13H,1-3H3/b22-13+. The van der Waals surface area contributed by atoms with Gasteiger partial charge in [0.25, 0.3) is 0 Å². The molecule has 2 heterocycles. The van der Waals surface area contributed by atoms with Crippen molar-refractivity contribution >= 4 is 39.0 Å². The minimum absolute atomic E-state index is 0.624. The van der Waals surface area contributed by atoms with E-state index in [1.54, 1.807) is 6.34 Å². The maximum Gasteiger partial charge on any atom is 0.155 e. The molecule has 0 aliphatic carbocycles. The van der Waals surface area contributed by atoms with Crippen molar-refractivity contribution in [2.75, 3.05) is 14.1 Å². The molecule has 4 nitrogen and oxygen atoms in total. The average molecular weight is 393 g/mol. The second-order valence-corrected chi connectivity index (χ2v) is 6.67. The van der Waals surface area contributed by atoms with E-state index >= 15 is 0 Å². The van der Waals surface area contributed by atoms with Gasteiger partial charge in [-0.05, 0) is 65.2 Å². The topological polar surface area (TPSA) is 41.4 Å². The summed E-state index contributed by atoms with van der Waals surface area (Å²) in [5.74, 6) is 6.91. The molecule has 0 amide bonds. The number of aliphatic imine (C=N–C) groups is 1. The van der Waals surface area contributed by atoms with Gasteiger partial charge in [-0.15, -0.1) is 0 Å². The number of benzene rings is 1. The van der Waals surface area contributed by atoms with E-state index in [0.29, 0.717) is 11.5 Å². The van der Waals surface area contributed by atoms with Gasteiger partial charge in [0.05, 0.1) is 16.3 Å². The number of rotatable bonds is 2. The molecule has 25 heavy (non-hydrogen) atoms. The van der Waals surface area contributed by atoms with Crippen LogP contribution in [0.15, 0.2) is 51.9 Å². The largest absolute Gasteiger partial charge is 0.369 e. The van der Waals surface area contributed by atoms with Crippen LogP contribution in [0.25, 0.3) is 10.9 Å². The Bertz CT molecular complexity index is 1010. The van der Waals surface area contributed by atoms with Crippen LogP contribution in [0.5, 0.6) is 0 Å². The first-order chi connectivity index (χ1) is 12.0. The van der Waals surface area contributed by atoms with Gasteiger partial charge in [-0.1, -0.05) is 12.0 Å². The fourth-order valence-corrected chi connectivity index (χ4v) is 2.52. The van der Waals surface area contributed by atoms with Crippen LogP contribution >= 0.6 is 15.9 Å². The van der Waals surface area contributed by atoms with E-state index in [1.807, 2.05) is 62.3 Å². The Balaban J connectivity index is 1.92. The highest BCUT2D eigenvalue weighted by molar-refractivity contribution is 9.10. The SMILES string of the molecule is Cc1ccc2cc(C#Cc3nc(/N=C/N(C)C)ccc3Br)ccc2n1. The monoisotopic (exact) mass is 392 g/mol. The summed E-state index contributed by atoms with van der Waals surface area (Å²) in [6, 6.07) is 13.8. The van der Waals surface area contributed by atoms with Crippen molar-refractivity contribution < 1.29 is 0 Å². The number of pyridine rings is 2. The van der Waals surface area contributed by atoms with Crippen LogP contribution in [0.2, 0.25) is 0 Å². The van der Waals surface area contributed by atoms with Gasteiger partial charge in [0, 0.05) is 30.7 Å². The van der Waals surface area contributed by atoms with Crippen LogP contribution < -0.4 is 0 Å². The van der Waals surface area contributed by atoms with Gasteiger partial charge in [0.15, 0.2) is 5.82 Å². The summed E-state index contributed by atoms with van der Waals surface area (Å²) in [7, 11) is 3.83. The maximum absolute atomic E-state index is 4.51. The number of hydrogen-bond donors (Lipinski definition) is 0. The van der Waals surface area contributed by atoms with Gasteiger partial charge in [-0.25, -0.2) is 9.98 Å². The van der Waals surface area contributed by atoms with Gasteiger partial charge in [-0.2, -0.15) is 0 Å². The molecule has 0 atom stereocenters. The molecular weight excluding hydrogens is 376 g/mol. The molecule has 1 aromatic carbocycles. The lowest BCUT2D eigenvalue weighted by Crippen LogP contribution is -2.07. The van der Waals surface area contributed by atoms with Crippen molar-refractivity contribution in [3.63, 3.8) is 0 Å². The Morgan fingerprint density at radius 1 is 1.04 bits per heavy atom. The first kappa shape index (κ1) is 17.1. The quantitative estimate of drug-likeness (QED) is 0.370. The molecule has 0 saturated heterocycles. The van der Waals surface area contributed by atoms with Gasteiger partial charge in [0.1, 0.15) is 5.69 Å². The Morgan fingerprint density at radius 2 is 1.88 bits per heavy atom. The summed E-state index contributed by atoms with van der Waals surface area (Å²) in [5, 5.41) is 1.08. The fraction of sp³-hybridized carbons (Fsp3) is 0.150. The second kappa shape index (κ2) is 7.45. The van der Waals surface area contributed by atoms with Crippen molar-refractivity contribution in [3.05, 3.63) is 63.9 Å². The highest BCUT2D eigenvalue weighted by atomic mass is 79.9. The molecule has 0 N–H and O–H groups in total. The molecule has 0 fully saturated rings. The normalized spacial score (nSPS) is 10.7. The molecule has 0 unspecified atom stereocenters. The van der Waals surface area contributed by atoms with E-state index in [-0.39, 0.29) is 0 Å². The average Bonchev–Trinajstić information content (AvgIpc) is 2.59. The van der Waals surface area contributed by atoms with Crippen molar-refractivity contribution in [1.82, 2.24) is 14.9 Å². The zero-order valence-corrected chi connectivity index (χ0v) is 15.9. The van der Waals surface area contributed by atoms with Crippen LogP contribution in [0.1, 0.15) is 17.0 Å². The van der Waals surface area contributed by atoms with Crippen LogP contribution in [-0.4, -0.2) is 35.3 Å². The first-order valence-corrected chi connectivity index (χ1v) is 8.57. The van der Waals surface area contributed by atoms with Gasteiger partial charge in [0.2, 0.25) is 0 Å². The van der Waals surface area contributed by atoms with Crippen molar-refractivity contribution in [2.24, 2.45) is 4.99 Å². The van der Waals surface area contributed by atoms with Crippen LogP contribution in [-0.2, 0) is 0 Å². The smallest absolute Gasteiger partial charge is 0.155 e. The summed E-state index contributed by atoms with van der Waals surface area (Å²) < 4.78 is 0.849. The fourth-order valence-electron chi connectivity index (χ4n) is 2.20. The molecule has 0 aliphatic heterocycles. The van der Waals surface area contributed by atoms with E-state index in [1.165, 1.54) is 0 Å². The van der Waals surface area contributed by atoms with Crippen molar-refractivity contribution in [2.45, 2.75) is 6.92 Å². The van der Waals surface area contributed by atoms with Gasteiger partial charge in [-0.3, -0.25) is 4.98 Å². The van der Waals surface area contributed by atoms with E-state index in [2.05, 4.69) is 48.8 Å². The summed E-state index contributed by atoms with van der Waals surface area (Å²) >= 11 is 3.49. The van der Waals surface area contributed by atoms with E-state index in [0.717, 1.165) is 26.6 Å². The summed E-state index contributed by atoms with van der Waals surface area (Å²) in [6.45, 7) is 1.99. The van der Waals surface area contributed by atoms with Crippen molar-refractivity contribution in [3.8, 4) is 11.8 Å². The number of aromatic nitrogens is 2. The molecule has 0 saturated carbocycles. The molecule has 124 valence electrons. The number of fused-ring (bicyclic) bond motifs is 1. The minimum Gasteiger partial charge on any atom is -0.369 e. The third-order valence-electron chi connectivity index (χ3n) is 3.41. The Hall–Kier alpha value is -2.71. The number of halogens is 1. The van der Waals surface area contributed by atoms with Gasteiger partial charge >= 0.3 is 0 Å². The molecule has 5 heteroatoms. The summed E-state index contributed by atoms with van der Waals surface area (Å²) in [5.41, 5.74) is 3.57. The third-order valence-corrected chi connectivity index (χ3v) is 4.05. The van der Waals surface area contributed by atoms with Crippen molar-refractivity contribution in [1.29, 1.82) is 0 Å². The number of hydrogen-bond acceptors (Lipinski definition) is 3. The lowest BCUT2D eigenvalue weighted by atomic mass is 10.1. The molecule has 0 spiro atoms. The predicted octanol–water partition coefficient (Wildman–Crippen LogP) is 4.32. The van der Waals surface area contributed by atoms with E-state index in [9.17, 15) is 0 Å². The molecular formula is C20H17BrN4. The Kier molecular flexibility index (Phi) is 5.11. The highest BCUT2D eigenvalue weighted by Gasteiger charge is 2.01. The second-order valence-electron chi connectivity index (χ2n) is 5.82. The summed E-state index contributed by atoms with van der Waals surface area (Å²) in [6.07, 6.45) is 1.71. The molecule has 0 aliphatic rings. The predicted molar refractivity (Wildman–Crippen MR) is 106 cm³/mol. The minimum atomic E-state index is 0.624. The zero-order valence-electron chi connectivity index (χ0n) is 14.3.